The molecule has 0 atom stereocenters. The van der Waals surface area contributed by atoms with Crippen molar-refractivity contribution in [1.29, 1.82) is 0 Å². The van der Waals surface area contributed by atoms with Crippen molar-refractivity contribution in [2.24, 2.45) is 0 Å². The molecule has 0 radical (unpaired) electrons. The molecule has 3 aromatic carbocycles. The topological polar surface area (TPSA) is 4.93 Å². The molecule has 0 saturated heterocycles. The molecule has 0 fully saturated rings. The second-order valence-electron chi connectivity index (χ2n) is 7.57. The summed E-state index contributed by atoms with van der Waals surface area (Å²) >= 11 is 0. The quantitative estimate of drug-likeness (QED) is 0.384. The van der Waals surface area contributed by atoms with Gasteiger partial charge in [-0.15, -0.1) is 0 Å². The lowest BCUT2D eigenvalue weighted by atomic mass is 9.83. The Labute approximate surface area is 143 Å². The highest BCUT2D eigenvalue weighted by molar-refractivity contribution is 6.09. The maximum atomic E-state index is 2.41. The fraction of sp³-hybridized carbons (Fsp3) is 0.217. The van der Waals surface area contributed by atoms with E-state index in [9.17, 15) is 0 Å². The monoisotopic (exact) mass is 313 g/mol. The van der Waals surface area contributed by atoms with Crippen molar-refractivity contribution in [3.05, 3.63) is 77.9 Å². The van der Waals surface area contributed by atoms with Crippen LogP contribution in [0, 0.1) is 6.92 Å². The van der Waals surface area contributed by atoms with Gasteiger partial charge >= 0.3 is 0 Å². The van der Waals surface area contributed by atoms with E-state index in [1.165, 1.54) is 38.6 Å². The molecular weight excluding hydrogens is 290 g/mol. The molecule has 0 unspecified atom stereocenters. The zero-order valence-electron chi connectivity index (χ0n) is 14.8. The number of hydrogen-bond acceptors (Lipinski definition) is 0. The van der Waals surface area contributed by atoms with Crippen LogP contribution in [0.15, 0.2) is 66.7 Å². The summed E-state index contributed by atoms with van der Waals surface area (Å²) in [5, 5.41) is 2.63. The van der Waals surface area contributed by atoms with E-state index in [1.807, 2.05) is 0 Å². The van der Waals surface area contributed by atoms with E-state index in [0.29, 0.717) is 0 Å². The summed E-state index contributed by atoms with van der Waals surface area (Å²) in [6.07, 6.45) is 0. The number of hydrogen-bond donors (Lipinski definition) is 0. The van der Waals surface area contributed by atoms with Crippen LogP contribution in [0.3, 0.4) is 0 Å². The number of aromatic nitrogens is 1. The van der Waals surface area contributed by atoms with Gasteiger partial charge in [0.2, 0.25) is 0 Å². The standard InChI is InChI=1S/C23H23N/c1-16-19(23(2,3)4)12-9-15-20(16)24-21-13-7-5-10-17(21)18-11-6-8-14-22(18)24/h5-15H,1-4H3. The minimum absolute atomic E-state index is 0.138. The van der Waals surface area contributed by atoms with E-state index in [-0.39, 0.29) is 5.41 Å². The normalized spacial score (nSPS) is 12.2. The Hall–Kier alpha value is -2.54. The summed E-state index contributed by atoms with van der Waals surface area (Å²) in [6.45, 7) is 9.10. The zero-order valence-corrected chi connectivity index (χ0v) is 14.8. The first-order valence-electron chi connectivity index (χ1n) is 8.57. The molecule has 0 aliphatic heterocycles. The molecule has 0 amide bonds. The highest BCUT2D eigenvalue weighted by Gasteiger charge is 2.20. The van der Waals surface area contributed by atoms with Crippen LogP contribution in [0.2, 0.25) is 0 Å². The van der Waals surface area contributed by atoms with Crippen LogP contribution in [-0.2, 0) is 5.41 Å². The molecule has 0 spiro atoms. The predicted octanol–water partition coefficient (Wildman–Crippen LogP) is 6.39. The number of rotatable bonds is 1. The Morgan fingerprint density at radius 2 is 1.21 bits per heavy atom. The fourth-order valence-corrected chi connectivity index (χ4v) is 3.86. The predicted molar refractivity (Wildman–Crippen MR) is 104 cm³/mol. The van der Waals surface area contributed by atoms with Gasteiger partial charge in [0.05, 0.1) is 11.0 Å². The van der Waals surface area contributed by atoms with Gasteiger partial charge in [0.25, 0.3) is 0 Å². The molecule has 24 heavy (non-hydrogen) atoms. The van der Waals surface area contributed by atoms with E-state index >= 15 is 0 Å². The SMILES string of the molecule is Cc1c(-n2c3ccccc3c3ccccc32)cccc1C(C)(C)C. The Bertz CT molecular complexity index is 991. The van der Waals surface area contributed by atoms with Crippen molar-refractivity contribution in [3.63, 3.8) is 0 Å². The summed E-state index contributed by atoms with van der Waals surface area (Å²) in [6, 6.07) is 24.1. The van der Waals surface area contributed by atoms with Crippen molar-refractivity contribution in [2.75, 3.05) is 0 Å². The summed E-state index contributed by atoms with van der Waals surface area (Å²) in [5.41, 5.74) is 6.72. The van der Waals surface area contributed by atoms with Crippen molar-refractivity contribution in [1.82, 2.24) is 4.57 Å². The lowest BCUT2D eigenvalue weighted by Gasteiger charge is -2.24. The third kappa shape index (κ3) is 2.16. The van der Waals surface area contributed by atoms with Crippen LogP contribution in [0.25, 0.3) is 27.5 Å². The lowest BCUT2D eigenvalue weighted by molar-refractivity contribution is 0.585. The zero-order chi connectivity index (χ0) is 16.9. The van der Waals surface area contributed by atoms with Crippen LogP contribution in [0.4, 0.5) is 0 Å². The van der Waals surface area contributed by atoms with E-state index in [1.54, 1.807) is 0 Å². The molecule has 0 aliphatic rings. The minimum atomic E-state index is 0.138. The third-order valence-corrected chi connectivity index (χ3v) is 4.93. The first kappa shape index (κ1) is 15.0. The van der Waals surface area contributed by atoms with Crippen molar-refractivity contribution >= 4 is 21.8 Å². The average Bonchev–Trinajstić information content (AvgIpc) is 2.89. The van der Waals surface area contributed by atoms with Crippen molar-refractivity contribution in [2.45, 2.75) is 33.1 Å². The van der Waals surface area contributed by atoms with Crippen LogP contribution < -0.4 is 0 Å². The second-order valence-corrected chi connectivity index (χ2v) is 7.57. The van der Waals surface area contributed by atoms with Gasteiger partial charge < -0.3 is 4.57 Å². The van der Waals surface area contributed by atoms with Gasteiger partial charge in [-0.3, -0.25) is 0 Å². The largest absolute Gasteiger partial charge is 0.309 e. The van der Waals surface area contributed by atoms with Gasteiger partial charge in [0.1, 0.15) is 0 Å². The minimum Gasteiger partial charge on any atom is -0.309 e. The molecule has 4 rings (SSSR count). The number of para-hydroxylation sites is 2. The highest BCUT2D eigenvalue weighted by atomic mass is 15.0. The first-order valence-corrected chi connectivity index (χ1v) is 8.57. The Morgan fingerprint density at radius 1 is 0.667 bits per heavy atom. The van der Waals surface area contributed by atoms with Crippen molar-refractivity contribution in [3.8, 4) is 5.69 Å². The van der Waals surface area contributed by atoms with E-state index < -0.39 is 0 Å². The molecule has 0 bridgehead atoms. The Morgan fingerprint density at radius 3 is 1.75 bits per heavy atom. The molecular formula is C23H23N. The van der Waals surface area contributed by atoms with Gasteiger partial charge in [0.15, 0.2) is 0 Å². The smallest absolute Gasteiger partial charge is 0.0541 e. The molecule has 1 heterocycles. The molecule has 0 saturated carbocycles. The van der Waals surface area contributed by atoms with Gasteiger partial charge in [-0.2, -0.15) is 0 Å². The number of nitrogens with zero attached hydrogens (tertiary/aromatic N) is 1. The van der Waals surface area contributed by atoms with Gasteiger partial charge in [0, 0.05) is 16.5 Å². The molecule has 120 valence electrons. The van der Waals surface area contributed by atoms with Gasteiger partial charge in [-0.1, -0.05) is 69.3 Å². The number of benzene rings is 3. The lowest BCUT2D eigenvalue weighted by Crippen LogP contribution is -2.14. The molecule has 0 N–H and O–H groups in total. The fourth-order valence-electron chi connectivity index (χ4n) is 3.86. The average molecular weight is 313 g/mol. The molecule has 1 heteroatoms. The Kier molecular flexibility index (Phi) is 3.28. The second kappa shape index (κ2) is 5.24. The Balaban J connectivity index is 2.14. The van der Waals surface area contributed by atoms with E-state index in [4.69, 9.17) is 0 Å². The maximum Gasteiger partial charge on any atom is 0.0541 e. The molecule has 0 aliphatic carbocycles. The number of fused-ring (bicyclic) bond motifs is 3. The molecule has 1 aromatic heterocycles. The van der Waals surface area contributed by atoms with Crippen LogP contribution in [-0.4, -0.2) is 4.57 Å². The molecule has 1 nitrogen and oxygen atoms in total. The van der Waals surface area contributed by atoms with Crippen LogP contribution in [0.5, 0.6) is 0 Å². The van der Waals surface area contributed by atoms with Crippen LogP contribution >= 0.6 is 0 Å². The van der Waals surface area contributed by atoms with Gasteiger partial charge in [-0.05, 0) is 41.7 Å². The van der Waals surface area contributed by atoms with Crippen LogP contribution in [0.1, 0.15) is 31.9 Å². The summed E-state index contributed by atoms with van der Waals surface area (Å²) in [7, 11) is 0. The van der Waals surface area contributed by atoms with E-state index in [0.717, 1.165) is 0 Å². The highest BCUT2D eigenvalue weighted by Crippen LogP contribution is 2.35. The van der Waals surface area contributed by atoms with E-state index in [2.05, 4.69) is 99.0 Å². The first-order chi connectivity index (χ1) is 11.5. The molecule has 4 aromatic rings. The third-order valence-electron chi connectivity index (χ3n) is 4.93. The van der Waals surface area contributed by atoms with Crippen molar-refractivity contribution < 1.29 is 0 Å². The summed E-state index contributed by atoms with van der Waals surface area (Å²) in [5.74, 6) is 0. The summed E-state index contributed by atoms with van der Waals surface area (Å²) < 4.78 is 2.41. The maximum absolute atomic E-state index is 2.41. The summed E-state index contributed by atoms with van der Waals surface area (Å²) in [4.78, 5) is 0. The van der Waals surface area contributed by atoms with Gasteiger partial charge in [-0.25, -0.2) is 0 Å².